The number of hydrogen-bond acceptors (Lipinski definition) is 1. The van der Waals surface area contributed by atoms with Crippen LogP contribution < -0.4 is 5.32 Å². The molecule has 0 amide bonds. The van der Waals surface area contributed by atoms with Gasteiger partial charge in [-0.25, -0.2) is 0 Å². The summed E-state index contributed by atoms with van der Waals surface area (Å²) in [7, 11) is 2.02. The molecule has 62 valence electrons. The summed E-state index contributed by atoms with van der Waals surface area (Å²) in [5.41, 5.74) is 0.539. The molecule has 10 heavy (non-hydrogen) atoms. The predicted molar refractivity (Wildman–Crippen MR) is 47.2 cm³/mol. The van der Waals surface area contributed by atoms with Gasteiger partial charge >= 0.3 is 0 Å². The Morgan fingerprint density at radius 3 is 2.20 bits per heavy atom. The first-order chi connectivity index (χ1) is 4.62. The molecule has 0 atom stereocenters. The molecular weight excluding hydrogens is 122 g/mol. The Morgan fingerprint density at radius 2 is 1.80 bits per heavy atom. The first-order valence-electron chi connectivity index (χ1n) is 4.27. The molecule has 0 saturated carbocycles. The molecule has 0 aliphatic heterocycles. The van der Waals surface area contributed by atoms with Crippen LogP contribution >= 0.6 is 0 Å². The fraction of sp³-hybridized carbons (Fsp3) is 1.00. The van der Waals surface area contributed by atoms with Crippen molar-refractivity contribution in [3.05, 3.63) is 0 Å². The lowest BCUT2D eigenvalue weighted by Gasteiger charge is -2.23. The minimum absolute atomic E-state index is 0.539. The zero-order chi connectivity index (χ0) is 8.04. The molecule has 1 heteroatoms. The van der Waals surface area contributed by atoms with E-state index < -0.39 is 0 Å². The Hall–Kier alpha value is -0.0400. The van der Waals surface area contributed by atoms with Gasteiger partial charge < -0.3 is 5.32 Å². The number of hydrogen-bond donors (Lipinski definition) is 1. The molecule has 0 fully saturated rings. The maximum absolute atomic E-state index is 3.18. The van der Waals surface area contributed by atoms with Gasteiger partial charge in [0.25, 0.3) is 0 Å². The van der Waals surface area contributed by atoms with Crippen molar-refractivity contribution in [2.75, 3.05) is 13.6 Å². The first-order valence-corrected chi connectivity index (χ1v) is 4.27. The molecule has 0 bridgehead atoms. The van der Waals surface area contributed by atoms with Gasteiger partial charge in [0.1, 0.15) is 0 Å². The Kier molecular flexibility index (Phi) is 4.71. The normalized spacial score (nSPS) is 12.0. The summed E-state index contributed by atoms with van der Waals surface area (Å²) in [5, 5.41) is 3.18. The first kappa shape index (κ1) is 9.96. The Morgan fingerprint density at radius 1 is 1.20 bits per heavy atom. The van der Waals surface area contributed by atoms with Crippen LogP contribution in [0.4, 0.5) is 0 Å². The second kappa shape index (κ2) is 4.73. The number of rotatable bonds is 5. The van der Waals surface area contributed by atoms with Crippen LogP contribution in [0.5, 0.6) is 0 Å². The fourth-order valence-electron chi connectivity index (χ4n) is 1.27. The summed E-state index contributed by atoms with van der Waals surface area (Å²) in [6.45, 7) is 8.08. The van der Waals surface area contributed by atoms with Crippen LogP contribution in [0.1, 0.15) is 40.0 Å². The lowest BCUT2D eigenvalue weighted by atomic mass is 9.85. The largest absolute Gasteiger partial charge is 0.320 e. The SMILES string of the molecule is CCCC(C)(C)CCNC. The topological polar surface area (TPSA) is 12.0 Å². The van der Waals surface area contributed by atoms with E-state index in [0.717, 1.165) is 6.54 Å². The Balaban J connectivity index is 3.42. The van der Waals surface area contributed by atoms with Crippen LogP contribution in [0.25, 0.3) is 0 Å². The standard InChI is InChI=1S/C9H21N/c1-5-6-9(2,3)7-8-10-4/h10H,5-8H2,1-4H3. The monoisotopic (exact) mass is 143 g/mol. The van der Waals surface area contributed by atoms with E-state index in [0.29, 0.717) is 5.41 Å². The zero-order valence-corrected chi connectivity index (χ0v) is 7.83. The van der Waals surface area contributed by atoms with Gasteiger partial charge in [0, 0.05) is 0 Å². The van der Waals surface area contributed by atoms with E-state index in [4.69, 9.17) is 0 Å². The third-order valence-corrected chi connectivity index (χ3v) is 1.98. The highest BCUT2D eigenvalue weighted by Crippen LogP contribution is 2.25. The summed E-state index contributed by atoms with van der Waals surface area (Å²) in [6, 6.07) is 0. The lowest BCUT2D eigenvalue weighted by molar-refractivity contribution is 0.302. The van der Waals surface area contributed by atoms with Gasteiger partial charge in [0.15, 0.2) is 0 Å². The molecule has 0 rings (SSSR count). The second-order valence-corrected chi connectivity index (χ2v) is 3.77. The molecule has 0 radical (unpaired) electrons. The van der Waals surface area contributed by atoms with Crippen LogP contribution in [-0.4, -0.2) is 13.6 Å². The maximum atomic E-state index is 3.18. The third kappa shape index (κ3) is 4.80. The quantitative estimate of drug-likeness (QED) is 0.623. The molecule has 1 nitrogen and oxygen atoms in total. The predicted octanol–water partition coefficient (Wildman–Crippen LogP) is 2.42. The molecule has 0 heterocycles. The fourth-order valence-corrected chi connectivity index (χ4v) is 1.27. The van der Waals surface area contributed by atoms with Gasteiger partial charge in [-0.3, -0.25) is 0 Å². The van der Waals surface area contributed by atoms with Gasteiger partial charge in [0.2, 0.25) is 0 Å². The van der Waals surface area contributed by atoms with Crippen LogP contribution in [-0.2, 0) is 0 Å². The van der Waals surface area contributed by atoms with E-state index >= 15 is 0 Å². The highest BCUT2D eigenvalue weighted by molar-refractivity contribution is 4.68. The van der Waals surface area contributed by atoms with Gasteiger partial charge in [-0.1, -0.05) is 27.2 Å². The second-order valence-electron chi connectivity index (χ2n) is 3.77. The molecule has 0 aromatic rings. The summed E-state index contributed by atoms with van der Waals surface area (Å²) >= 11 is 0. The zero-order valence-electron chi connectivity index (χ0n) is 7.83. The van der Waals surface area contributed by atoms with E-state index in [2.05, 4.69) is 26.1 Å². The van der Waals surface area contributed by atoms with Crippen molar-refractivity contribution in [2.45, 2.75) is 40.0 Å². The van der Waals surface area contributed by atoms with Gasteiger partial charge in [0.05, 0.1) is 0 Å². The highest BCUT2D eigenvalue weighted by Gasteiger charge is 2.14. The van der Waals surface area contributed by atoms with E-state index in [1.165, 1.54) is 19.3 Å². The summed E-state index contributed by atoms with van der Waals surface area (Å²) < 4.78 is 0. The molecular formula is C9H21N. The van der Waals surface area contributed by atoms with Gasteiger partial charge in [-0.2, -0.15) is 0 Å². The van der Waals surface area contributed by atoms with Crippen LogP contribution in [0.3, 0.4) is 0 Å². The minimum Gasteiger partial charge on any atom is -0.320 e. The van der Waals surface area contributed by atoms with Crippen molar-refractivity contribution < 1.29 is 0 Å². The van der Waals surface area contributed by atoms with Crippen LogP contribution in [0.15, 0.2) is 0 Å². The molecule has 1 N–H and O–H groups in total. The van der Waals surface area contributed by atoms with Crippen molar-refractivity contribution >= 4 is 0 Å². The van der Waals surface area contributed by atoms with Crippen molar-refractivity contribution in [2.24, 2.45) is 5.41 Å². The molecule has 0 saturated heterocycles. The van der Waals surface area contributed by atoms with Gasteiger partial charge in [-0.15, -0.1) is 0 Å². The molecule has 0 spiro atoms. The Bertz CT molecular complexity index is 76.8. The molecule has 0 aromatic heterocycles. The molecule has 0 aromatic carbocycles. The minimum atomic E-state index is 0.539. The lowest BCUT2D eigenvalue weighted by Crippen LogP contribution is -2.19. The summed E-state index contributed by atoms with van der Waals surface area (Å²) in [5.74, 6) is 0. The maximum Gasteiger partial charge on any atom is -0.00468 e. The van der Waals surface area contributed by atoms with Gasteiger partial charge in [-0.05, 0) is 31.8 Å². The van der Waals surface area contributed by atoms with Crippen molar-refractivity contribution in [1.29, 1.82) is 0 Å². The van der Waals surface area contributed by atoms with Crippen molar-refractivity contribution in [3.8, 4) is 0 Å². The van der Waals surface area contributed by atoms with E-state index in [1.807, 2.05) is 7.05 Å². The van der Waals surface area contributed by atoms with E-state index in [1.54, 1.807) is 0 Å². The summed E-state index contributed by atoms with van der Waals surface area (Å²) in [6.07, 6.45) is 3.93. The van der Waals surface area contributed by atoms with E-state index in [-0.39, 0.29) is 0 Å². The average molecular weight is 143 g/mol. The smallest absolute Gasteiger partial charge is 0.00468 e. The molecule has 0 aliphatic rings. The third-order valence-electron chi connectivity index (χ3n) is 1.98. The van der Waals surface area contributed by atoms with E-state index in [9.17, 15) is 0 Å². The average Bonchev–Trinajstić information content (AvgIpc) is 1.84. The van der Waals surface area contributed by atoms with Crippen LogP contribution in [0, 0.1) is 5.41 Å². The van der Waals surface area contributed by atoms with Crippen LogP contribution in [0.2, 0.25) is 0 Å². The van der Waals surface area contributed by atoms with Crippen molar-refractivity contribution in [3.63, 3.8) is 0 Å². The Labute approximate surface area is 65.2 Å². The molecule has 0 aliphatic carbocycles. The number of nitrogens with one attached hydrogen (secondary N) is 1. The highest BCUT2D eigenvalue weighted by atomic mass is 14.8. The van der Waals surface area contributed by atoms with Crippen molar-refractivity contribution in [1.82, 2.24) is 5.32 Å². The summed E-state index contributed by atoms with van der Waals surface area (Å²) in [4.78, 5) is 0. The molecule has 0 unspecified atom stereocenters.